The number of aromatic hydroxyl groups is 1. The molecule has 0 spiro atoms. The predicted molar refractivity (Wildman–Crippen MR) is 136 cm³/mol. The van der Waals surface area contributed by atoms with E-state index in [-0.39, 0.29) is 21.7 Å². The van der Waals surface area contributed by atoms with Gasteiger partial charge in [-0.15, -0.1) is 0 Å². The highest BCUT2D eigenvalue weighted by Gasteiger charge is 2.82. The zero-order chi connectivity index (χ0) is 23.1. The first kappa shape index (κ1) is 21.0. The first-order valence-electron chi connectivity index (χ1n) is 13.0. The molecule has 0 radical (unpaired) electrons. The Morgan fingerprint density at radius 1 is 0.545 bits per heavy atom. The van der Waals surface area contributed by atoms with Crippen LogP contribution in [0, 0.1) is 5.41 Å². The van der Waals surface area contributed by atoms with Crippen molar-refractivity contribution in [1.29, 1.82) is 0 Å². The van der Waals surface area contributed by atoms with Crippen LogP contribution in [0.25, 0.3) is 0 Å². The number of hydrogen-bond acceptors (Lipinski definition) is 1. The van der Waals surface area contributed by atoms with Crippen molar-refractivity contribution in [3.8, 4) is 5.75 Å². The van der Waals surface area contributed by atoms with Gasteiger partial charge in [0.25, 0.3) is 0 Å². The number of phenolic OH excluding ortho intramolecular Hbond substituents is 1. The summed E-state index contributed by atoms with van der Waals surface area (Å²) in [5.41, 5.74) is 8.84. The van der Waals surface area contributed by atoms with Crippen molar-refractivity contribution in [2.75, 3.05) is 0 Å². The molecule has 3 aromatic carbocycles. The molecule has 6 rings (SSSR count). The van der Waals surface area contributed by atoms with E-state index in [1.165, 1.54) is 16.7 Å². The largest absolute Gasteiger partial charge is 0.508 e. The van der Waals surface area contributed by atoms with Crippen LogP contribution >= 0.6 is 0 Å². The minimum Gasteiger partial charge on any atom is -0.508 e. The number of hydrogen-bond donors (Lipinski definition) is 1. The molecule has 0 heterocycles. The molecular weight excluding hydrogens is 400 g/mol. The van der Waals surface area contributed by atoms with E-state index in [4.69, 9.17) is 0 Å². The molecule has 1 nitrogen and oxygen atoms in total. The van der Waals surface area contributed by atoms with E-state index in [0.29, 0.717) is 5.75 Å². The van der Waals surface area contributed by atoms with E-state index in [9.17, 15) is 5.11 Å². The molecule has 0 bridgehead atoms. The Morgan fingerprint density at radius 2 is 0.909 bits per heavy atom. The minimum absolute atomic E-state index is 0.0153. The van der Waals surface area contributed by atoms with Crippen molar-refractivity contribution in [3.63, 3.8) is 0 Å². The van der Waals surface area contributed by atoms with Crippen molar-refractivity contribution in [2.24, 2.45) is 5.41 Å². The molecular formula is C32H36O. The number of benzene rings is 3. The van der Waals surface area contributed by atoms with Gasteiger partial charge in [0.1, 0.15) is 5.75 Å². The van der Waals surface area contributed by atoms with Gasteiger partial charge in [0.15, 0.2) is 0 Å². The molecule has 1 heteroatoms. The minimum atomic E-state index is -0.101. The summed E-state index contributed by atoms with van der Waals surface area (Å²) in [5, 5.41) is 10.8. The Kier molecular flexibility index (Phi) is 4.30. The van der Waals surface area contributed by atoms with E-state index in [2.05, 4.69) is 88.4 Å². The molecule has 0 aliphatic heterocycles. The maximum atomic E-state index is 10.8. The number of phenols is 1. The molecule has 0 unspecified atom stereocenters. The molecule has 4 atom stereocenters. The van der Waals surface area contributed by atoms with E-state index in [0.717, 1.165) is 38.5 Å². The Labute approximate surface area is 198 Å². The summed E-state index contributed by atoms with van der Waals surface area (Å²) in [5.74, 6) is 0.401. The molecule has 0 saturated heterocycles. The van der Waals surface area contributed by atoms with Crippen molar-refractivity contribution in [2.45, 2.75) is 82.5 Å². The Bertz CT molecular complexity index is 1250. The third kappa shape index (κ3) is 1.92. The van der Waals surface area contributed by atoms with Crippen LogP contribution in [0.1, 0.15) is 99.6 Å². The van der Waals surface area contributed by atoms with Gasteiger partial charge in [0.05, 0.1) is 0 Å². The van der Waals surface area contributed by atoms with E-state index in [1.807, 2.05) is 6.07 Å². The fourth-order valence-corrected chi connectivity index (χ4v) is 9.54. The van der Waals surface area contributed by atoms with Crippen LogP contribution in [0.4, 0.5) is 0 Å². The topological polar surface area (TPSA) is 20.2 Å². The highest BCUT2D eigenvalue weighted by Crippen LogP contribution is 2.85. The zero-order valence-corrected chi connectivity index (χ0v) is 20.5. The van der Waals surface area contributed by atoms with Crippen LogP contribution in [0.2, 0.25) is 0 Å². The van der Waals surface area contributed by atoms with Gasteiger partial charge in [-0.3, -0.25) is 0 Å². The van der Waals surface area contributed by atoms with E-state index >= 15 is 0 Å². The molecule has 0 fully saturated rings. The molecule has 3 aromatic rings. The SMILES string of the molecule is CCC[C@@]12c3ccccc3[C@@]3(CCC)c4ccc(O)cc4[C@@](CCC)(c4ccccc41)[C@@]23C. The Morgan fingerprint density at radius 3 is 1.30 bits per heavy atom. The van der Waals surface area contributed by atoms with Gasteiger partial charge >= 0.3 is 0 Å². The monoisotopic (exact) mass is 436 g/mol. The lowest BCUT2D eigenvalue weighted by Crippen LogP contribution is -2.54. The lowest BCUT2D eigenvalue weighted by Gasteiger charge is -2.53. The van der Waals surface area contributed by atoms with Gasteiger partial charge in [-0.2, -0.15) is 0 Å². The van der Waals surface area contributed by atoms with E-state index in [1.54, 1.807) is 16.7 Å². The van der Waals surface area contributed by atoms with Gasteiger partial charge in [-0.05, 0) is 64.8 Å². The second-order valence-electron chi connectivity index (χ2n) is 10.9. The van der Waals surface area contributed by atoms with Crippen molar-refractivity contribution in [3.05, 3.63) is 100 Å². The summed E-state index contributed by atoms with van der Waals surface area (Å²) in [6.07, 6.45) is 6.84. The van der Waals surface area contributed by atoms with E-state index < -0.39 is 0 Å². The fraction of sp³-hybridized carbons (Fsp3) is 0.438. The maximum Gasteiger partial charge on any atom is 0.115 e. The van der Waals surface area contributed by atoms with Crippen LogP contribution in [0.3, 0.4) is 0 Å². The van der Waals surface area contributed by atoms with Gasteiger partial charge in [-0.1, -0.05) is 102 Å². The first-order valence-corrected chi connectivity index (χ1v) is 13.0. The number of rotatable bonds is 6. The van der Waals surface area contributed by atoms with Crippen molar-refractivity contribution in [1.82, 2.24) is 0 Å². The third-order valence-corrected chi connectivity index (χ3v) is 10.1. The van der Waals surface area contributed by atoms with Gasteiger partial charge in [0.2, 0.25) is 0 Å². The molecule has 0 saturated carbocycles. The third-order valence-electron chi connectivity index (χ3n) is 10.1. The molecule has 0 aromatic heterocycles. The highest BCUT2D eigenvalue weighted by molar-refractivity contribution is 5.77. The molecule has 1 N–H and O–H groups in total. The average molecular weight is 437 g/mol. The summed E-state index contributed by atoms with van der Waals surface area (Å²) in [4.78, 5) is 0. The smallest absolute Gasteiger partial charge is 0.115 e. The highest BCUT2D eigenvalue weighted by atomic mass is 16.3. The first-order chi connectivity index (χ1) is 16.0. The van der Waals surface area contributed by atoms with Gasteiger partial charge in [-0.25, -0.2) is 0 Å². The summed E-state index contributed by atoms with van der Waals surface area (Å²) in [6.45, 7) is 9.69. The Balaban J connectivity index is 1.91. The molecule has 3 aliphatic rings. The predicted octanol–water partition coefficient (Wildman–Crippen LogP) is 8.00. The second kappa shape index (κ2) is 6.75. The number of fused-ring (bicyclic) bond motifs is 9. The normalized spacial score (nSPS) is 32.4. The zero-order valence-electron chi connectivity index (χ0n) is 20.5. The van der Waals surface area contributed by atoms with Crippen LogP contribution in [0.5, 0.6) is 5.75 Å². The maximum absolute atomic E-state index is 10.8. The summed E-state index contributed by atoms with van der Waals surface area (Å²) < 4.78 is 0. The van der Waals surface area contributed by atoms with Crippen LogP contribution < -0.4 is 0 Å². The lowest BCUT2D eigenvalue weighted by molar-refractivity contribution is 0.0540. The second-order valence-corrected chi connectivity index (χ2v) is 10.9. The summed E-state index contributed by atoms with van der Waals surface area (Å²) in [7, 11) is 0. The van der Waals surface area contributed by atoms with Crippen molar-refractivity contribution < 1.29 is 5.11 Å². The van der Waals surface area contributed by atoms with Crippen LogP contribution in [-0.4, -0.2) is 5.11 Å². The molecule has 170 valence electrons. The quantitative estimate of drug-likeness (QED) is 0.415. The fourth-order valence-electron chi connectivity index (χ4n) is 9.54. The average Bonchev–Trinajstić information content (AvgIpc) is 3.23. The molecule has 3 aliphatic carbocycles. The van der Waals surface area contributed by atoms with Crippen LogP contribution in [0.15, 0.2) is 66.7 Å². The summed E-state index contributed by atoms with van der Waals surface area (Å²) >= 11 is 0. The van der Waals surface area contributed by atoms with Gasteiger partial charge in [0, 0.05) is 21.7 Å². The Hall–Kier alpha value is -2.54. The van der Waals surface area contributed by atoms with Gasteiger partial charge < -0.3 is 5.11 Å². The van der Waals surface area contributed by atoms with Crippen molar-refractivity contribution >= 4 is 0 Å². The standard InChI is InChI=1S/C32H36O/c1-5-18-30-23-12-8-9-13-24(23)31(19-6-2)27-17-16-22(33)21-28(27)32(20-7-3,29(30,31)4)26-15-11-10-14-25(26)30/h8-17,21,33H,5-7,18-20H2,1-4H3/t29-,30+,31-,32+/m0/s1. The molecule has 0 amide bonds. The van der Waals surface area contributed by atoms with Crippen LogP contribution in [-0.2, 0) is 16.2 Å². The summed E-state index contributed by atoms with van der Waals surface area (Å²) in [6, 6.07) is 25.1. The molecule has 33 heavy (non-hydrogen) atoms. The lowest BCUT2D eigenvalue weighted by atomic mass is 9.48.